The number of aliphatic imine (C=N–C) groups is 1. The van der Waals surface area contributed by atoms with Gasteiger partial charge < -0.3 is 15.2 Å². The van der Waals surface area contributed by atoms with Crippen LogP contribution in [0.3, 0.4) is 0 Å². The zero-order chi connectivity index (χ0) is 20.3. The molecule has 1 heterocycles. The number of nitrogens with zero attached hydrogens (tertiary/aromatic N) is 1. The molecule has 2 aromatic rings. The molecule has 0 spiro atoms. The molecule has 1 fully saturated rings. The molecule has 0 aromatic heterocycles. The van der Waals surface area contributed by atoms with Crippen LogP contribution in [0.1, 0.15) is 23.6 Å². The van der Waals surface area contributed by atoms with Gasteiger partial charge in [-0.05, 0) is 56.3 Å². The first kappa shape index (κ1) is 19.7. The highest BCUT2D eigenvalue weighted by Crippen LogP contribution is 2.31. The average molecular weight is 396 g/mol. The summed E-state index contributed by atoms with van der Waals surface area (Å²) in [4.78, 5) is 28.4. The molecule has 1 unspecified atom stereocenters. The van der Waals surface area contributed by atoms with E-state index in [4.69, 9.17) is 9.84 Å². The maximum atomic E-state index is 12.3. The molecular weight excluding hydrogens is 376 g/mol. The number of hydrogen-bond acceptors (Lipinski definition) is 5. The molecule has 0 saturated carbocycles. The van der Waals surface area contributed by atoms with E-state index < -0.39 is 12.1 Å². The van der Waals surface area contributed by atoms with E-state index in [-0.39, 0.29) is 5.91 Å². The fourth-order valence-corrected chi connectivity index (χ4v) is 3.44. The van der Waals surface area contributed by atoms with Crippen molar-refractivity contribution >= 4 is 40.6 Å². The number of hydrogen-bond donors (Lipinski definition) is 2. The third kappa shape index (κ3) is 4.61. The van der Waals surface area contributed by atoms with Gasteiger partial charge in [-0.25, -0.2) is 9.79 Å². The fourth-order valence-electron chi connectivity index (χ4n) is 2.61. The standard InChI is InChI=1S/C21H20N2O4S/c1-12-8-9-16(13(2)10-12)22-21-23-19(24)18(28-21)11-15-6-4-5-7-17(15)27-14(3)20(25)26/h4-11,14H,1-3H3,(H,25,26)(H,22,23,24)/b18-11+. The Morgan fingerprint density at radius 1 is 1.25 bits per heavy atom. The van der Waals surface area contributed by atoms with Crippen LogP contribution in [0.4, 0.5) is 5.69 Å². The highest BCUT2D eigenvalue weighted by molar-refractivity contribution is 8.18. The molecule has 1 amide bonds. The Labute approximate surface area is 167 Å². The largest absolute Gasteiger partial charge is 0.479 e. The summed E-state index contributed by atoms with van der Waals surface area (Å²) in [6.45, 7) is 5.45. The predicted octanol–water partition coefficient (Wildman–Crippen LogP) is 4.05. The molecule has 6 nitrogen and oxygen atoms in total. The second-order valence-electron chi connectivity index (χ2n) is 6.41. The number of para-hydroxylation sites is 1. The summed E-state index contributed by atoms with van der Waals surface area (Å²) in [5.74, 6) is -0.911. The summed E-state index contributed by atoms with van der Waals surface area (Å²) in [6.07, 6.45) is 0.681. The van der Waals surface area contributed by atoms with Crippen LogP contribution in [0.5, 0.6) is 5.75 Å². The van der Waals surface area contributed by atoms with Crippen molar-refractivity contribution in [3.8, 4) is 5.75 Å². The Balaban J connectivity index is 1.85. The lowest BCUT2D eigenvalue weighted by Crippen LogP contribution is -2.23. The topological polar surface area (TPSA) is 88.0 Å². The number of amidine groups is 1. The van der Waals surface area contributed by atoms with Gasteiger partial charge >= 0.3 is 5.97 Å². The minimum Gasteiger partial charge on any atom is -0.479 e. The number of benzene rings is 2. The molecule has 28 heavy (non-hydrogen) atoms. The average Bonchev–Trinajstić information content (AvgIpc) is 2.98. The van der Waals surface area contributed by atoms with E-state index in [1.807, 2.05) is 32.0 Å². The molecule has 2 N–H and O–H groups in total. The van der Waals surface area contributed by atoms with Gasteiger partial charge in [-0.3, -0.25) is 4.79 Å². The Morgan fingerprint density at radius 2 is 2.00 bits per heavy atom. The molecule has 1 saturated heterocycles. The Bertz CT molecular complexity index is 998. The van der Waals surface area contributed by atoms with Gasteiger partial charge in [0.05, 0.1) is 10.6 Å². The van der Waals surface area contributed by atoms with Gasteiger partial charge in [-0.15, -0.1) is 0 Å². The highest BCUT2D eigenvalue weighted by atomic mass is 32.2. The van der Waals surface area contributed by atoms with Gasteiger partial charge in [0.1, 0.15) is 5.75 Å². The molecule has 0 bridgehead atoms. The van der Waals surface area contributed by atoms with Crippen molar-refractivity contribution in [2.75, 3.05) is 0 Å². The Kier molecular flexibility index (Phi) is 5.84. The molecule has 144 valence electrons. The number of carboxylic acid groups (broad SMARTS) is 1. The normalized spacial score (nSPS) is 17.6. The van der Waals surface area contributed by atoms with E-state index in [1.54, 1.807) is 30.3 Å². The summed E-state index contributed by atoms with van der Waals surface area (Å²) in [6, 6.07) is 12.9. The van der Waals surface area contributed by atoms with E-state index in [0.29, 0.717) is 21.4 Å². The lowest BCUT2D eigenvalue weighted by Gasteiger charge is -2.12. The van der Waals surface area contributed by atoms with Crippen LogP contribution < -0.4 is 10.1 Å². The second-order valence-corrected chi connectivity index (χ2v) is 7.44. The number of carbonyl (C=O) groups is 2. The number of amides is 1. The van der Waals surface area contributed by atoms with Crippen molar-refractivity contribution in [2.24, 2.45) is 4.99 Å². The van der Waals surface area contributed by atoms with Crippen LogP contribution in [-0.2, 0) is 9.59 Å². The molecule has 1 aliphatic heterocycles. The van der Waals surface area contributed by atoms with Gasteiger partial charge in [0.2, 0.25) is 0 Å². The van der Waals surface area contributed by atoms with Crippen LogP contribution in [0, 0.1) is 13.8 Å². The molecule has 0 aliphatic carbocycles. The van der Waals surface area contributed by atoms with E-state index in [0.717, 1.165) is 16.8 Å². The SMILES string of the molecule is Cc1ccc(N=C2NC(=O)/C(=C\c3ccccc3OC(C)C(=O)O)S2)c(C)c1. The van der Waals surface area contributed by atoms with Crippen LogP contribution >= 0.6 is 11.8 Å². The van der Waals surface area contributed by atoms with Gasteiger partial charge in [0.25, 0.3) is 5.91 Å². The molecule has 7 heteroatoms. The summed E-state index contributed by atoms with van der Waals surface area (Å²) in [7, 11) is 0. The summed E-state index contributed by atoms with van der Waals surface area (Å²) < 4.78 is 5.49. The number of rotatable bonds is 5. The van der Waals surface area contributed by atoms with Crippen molar-refractivity contribution < 1.29 is 19.4 Å². The van der Waals surface area contributed by atoms with Crippen LogP contribution in [0.15, 0.2) is 52.4 Å². The summed E-state index contributed by atoms with van der Waals surface area (Å²) >= 11 is 1.23. The molecule has 1 atom stereocenters. The lowest BCUT2D eigenvalue weighted by atomic mass is 10.1. The number of aliphatic carboxylic acids is 1. The first-order valence-corrected chi connectivity index (χ1v) is 9.50. The smallest absolute Gasteiger partial charge is 0.344 e. The van der Waals surface area contributed by atoms with Crippen LogP contribution in [0.25, 0.3) is 6.08 Å². The van der Waals surface area contributed by atoms with E-state index in [2.05, 4.69) is 10.3 Å². The van der Waals surface area contributed by atoms with Gasteiger partial charge in [-0.2, -0.15) is 0 Å². The summed E-state index contributed by atoms with van der Waals surface area (Å²) in [5.41, 5.74) is 3.60. The number of ether oxygens (including phenoxy) is 1. The van der Waals surface area contributed by atoms with Gasteiger partial charge in [0.15, 0.2) is 11.3 Å². The molecular formula is C21H20N2O4S. The summed E-state index contributed by atoms with van der Waals surface area (Å²) in [5, 5.41) is 12.3. The number of carboxylic acids is 1. The minimum absolute atomic E-state index is 0.255. The second kappa shape index (κ2) is 8.31. The maximum absolute atomic E-state index is 12.3. The van der Waals surface area contributed by atoms with Crippen molar-refractivity contribution in [1.29, 1.82) is 0 Å². The quantitative estimate of drug-likeness (QED) is 0.745. The van der Waals surface area contributed by atoms with E-state index >= 15 is 0 Å². The first-order valence-electron chi connectivity index (χ1n) is 8.69. The van der Waals surface area contributed by atoms with Crippen molar-refractivity contribution in [1.82, 2.24) is 5.32 Å². The fraction of sp³-hybridized carbons (Fsp3) is 0.190. The molecule has 1 aliphatic rings. The van der Waals surface area contributed by atoms with E-state index in [1.165, 1.54) is 18.7 Å². The van der Waals surface area contributed by atoms with Crippen LogP contribution in [0.2, 0.25) is 0 Å². The number of aryl methyl sites for hydroxylation is 2. The van der Waals surface area contributed by atoms with Gasteiger partial charge in [0, 0.05) is 5.56 Å². The lowest BCUT2D eigenvalue weighted by molar-refractivity contribution is -0.144. The Morgan fingerprint density at radius 3 is 2.71 bits per heavy atom. The molecule has 0 radical (unpaired) electrons. The maximum Gasteiger partial charge on any atom is 0.344 e. The highest BCUT2D eigenvalue weighted by Gasteiger charge is 2.24. The van der Waals surface area contributed by atoms with Crippen molar-refractivity contribution in [3.05, 3.63) is 64.1 Å². The monoisotopic (exact) mass is 396 g/mol. The predicted molar refractivity (Wildman–Crippen MR) is 111 cm³/mol. The van der Waals surface area contributed by atoms with Crippen molar-refractivity contribution in [3.63, 3.8) is 0 Å². The third-order valence-electron chi connectivity index (χ3n) is 4.08. The van der Waals surface area contributed by atoms with Crippen LogP contribution in [-0.4, -0.2) is 28.3 Å². The van der Waals surface area contributed by atoms with Gasteiger partial charge in [-0.1, -0.05) is 35.9 Å². The number of carbonyl (C=O) groups excluding carboxylic acids is 1. The minimum atomic E-state index is -1.06. The number of thioether (sulfide) groups is 1. The zero-order valence-corrected chi connectivity index (χ0v) is 16.5. The molecule has 2 aromatic carbocycles. The number of nitrogens with one attached hydrogen (secondary N) is 1. The van der Waals surface area contributed by atoms with E-state index in [9.17, 15) is 9.59 Å². The Hall–Kier alpha value is -3.06. The third-order valence-corrected chi connectivity index (χ3v) is 4.99. The molecule has 3 rings (SSSR count). The first-order chi connectivity index (χ1) is 13.3. The van der Waals surface area contributed by atoms with Crippen molar-refractivity contribution in [2.45, 2.75) is 26.9 Å². The zero-order valence-electron chi connectivity index (χ0n) is 15.7.